The van der Waals surface area contributed by atoms with Crippen molar-refractivity contribution in [2.75, 3.05) is 13.6 Å². The van der Waals surface area contributed by atoms with Gasteiger partial charge >= 0.3 is 5.97 Å². The van der Waals surface area contributed by atoms with Crippen molar-refractivity contribution in [3.8, 4) is 11.5 Å². The summed E-state index contributed by atoms with van der Waals surface area (Å²) >= 11 is 0. The molecular formula is C11H13NO4. The van der Waals surface area contributed by atoms with E-state index >= 15 is 0 Å². The maximum absolute atomic E-state index is 10.7. The van der Waals surface area contributed by atoms with Gasteiger partial charge in [-0.05, 0) is 13.1 Å². The molecule has 0 fully saturated rings. The van der Waals surface area contributed by atoms with Crippen LogP contribution in [0.2, 0.25) is 0 Å². The molecule has 0 aromatic heterocycles. The van der Waals surface area contributed by atoms with E-state index in [-0.39, 0.29) is 11.3 Å². The normalized spacial score (nSPS) is 10.8. The summed E-state index contributed by atoms with van der Waals surface area (Å²) in [6.45, 7) is 0.600. The fourth-order valence-electron chi connectivity index (χ4n) is 1.20. The minimum Gasteiger partial charge on any atom is -0.507 e. The summed E-state index contributed by atoms with van der Waals surface area (Å²) in [5.74, 6) is -1.84. The SMILES string of the molecule is CNCC=Cc1cc(C(=O)O)c(O)cc1O. The minimum absolute atomic E-state index is 0.158. The largest absolute Gasteiger partial charge is 0.507 e. The minimum atomic E-state index is -1.24. The van der Waals surface area contributed by atoms with Gasteiger partial charge in [-0.25, -0.2) is 4.79 Å². The Labute approximate surface area is 92.7 Å². The highest BCUT2D eigenvalue weighted by Crippen LogP contribution is 2.28. The monoisotopic (exact) mass is 223 g/mol. The number of hydrogen-bond donors (Lipinski definition) is 4. The topological polar surface area (TPSA) is 89.8 Å². The van der Waals surface area contributed by atoms with E-state index in [1.165, 1.54) is 6.07 Å². The number of carboxylic acids is 1. The Balaban J connectivity index is 3.09. The van der Waals surface area contributed by atoms with Gasteiger partial charge in [0.05, 0.1) is 0 Å². The lowest BCUT2D eigenvalue weighted by atomic mass is 10.1. The second-order valence-corrected chi connectivity index (χ2v) is 3.19. The average Bonchev–Trinajstić information content (AvgIpc) is 2.21. The van der Waals surface area contributed by atoms with Crippen molar-refractivity contribution in [2.45, 2.75) is 0 Å². The molecule has 1 aromatic carbocycles. The molecule has 0 spiro atoms. The summed E-state index contributed by atoms with van der Waals surface area (Å²) in [6.07, 6.45) is 3.31. The molecule has 1 aromatic rings. The highest BCUT2D eigenvalue weighted by Gasteiger charge is 2.12. The fourth-order valence-corrected chi connectivity index (χ4v) is 1.20. The number of phenolic OH excluding ortho intramolecular Hbond substituents is 1. The number of nitrogens with one attached hydrogen (secondary N) is 1. The zero-order valence-corrected chi connectivity index (χ0v) is 8.77. The van der Waals surface area contributed by atoms with Crippen LogP contribution in [0.4, 0.5) is 0 Å². The van der Waals surface area contributed by atoms with E-state index in [1.54, 1.807) is 19.2 Å². The summed E-state index contributed by atoms with van der Waals surface area (Å²) < 4.78 is 0. The average molecular weight is 223 g/mol. The maximum atomic E-state index is 10.7. The van der Waals surface area contributed by atoms with Gasteiger partial charge in [-0.15, -0.1) is 0 Å². The molecule has 0 radical (unpaired) electrons. The van der Waals surface area contributed by atoms with Crippen LogP contribution in [0.1, 0.15) is 15.9 Å². The first-order valence-electron chi connectivity index (χ1n) is 4.66. The summed E-state index contributed by atoms with van der Waals surface area (Å²) in [7, 11) is 1.77. The zero-order chi connectivity index (χ0) is 12.1. The molecule has 0 aliphatic rings. The molecule has 0 saturated carbocycles. The third-order valence-electron chi connectivity index (χ3n) is 1.99. The first-order valence-corrected chi connectivity index (χ1v) is 4.66. The van der Waals surface area contributed by atoms with Crippen molar-refractivity contribution in [3.05, 3.63) is 29.3 Å². The van der Waals surface area contributed by atoms with Crippen molar-refractivity contribution < 1.29 is 20.1 Å². The lowest BCUT2D eigenvalue weighted by Gasteiger charge is -2.04. The van der Waals surface area contributed by atoms with E-state index in [0.29, 0.717) is 12.1 Å². The number of aromatic carboxylic acids is 1. The van der Waals surface area contributed by atoms with E-state index < -0.39 is 11.7 Å². The Morgan fingerprint density at radius 2 is 2.06 bits per heavy atom. The van der Waals surface area contributed by atoms with Crippen molar-refractivity contribution >= 4 is 12.0 Å². The highest BCUT2D eigenvalue weighted by atomic mass is 16.4. The molecule has 0 bridgehead atoms. The van der Waals surface area contributed by atoms with Crippen LogP contribution < -0.4 is 5.32 Å². The van der Waals surface area contributed by atoms with E-state index in [1.807, 2.05) is 0 Å². The van der Waals surface area contributed by atoms with E-state index in [0.717, 1.165) is 6.07 Å². The molecule has 0 saturated heterocycles. The van der Waals surface area contributed by atoms with Gasteiger partial charge in [0.2, 0.25) is 0 Å². The van der Waals surface area contributed by atoms with Crippen LogP contribution in [0.15, 0.2) is 18.2 Å². The number of likely N-dealkylation sites (N-methyl/N-ethyl adjacent to an activating group) is 1. The van der Waals surface area contributed by atoms with Gasteiger partial charge in [0.1, 0.15) is 17.1 Å². The zero-order valence-electron chi connectivity index (χ0n) is 8.77. The molecule has 0 aliphatic heterocycles. The lowest BCUT2D eigenvalue weighted by molar-refractivity contribution is 0.0693. The van der Waals surface area contributed by atoms with E-state index in [9.17, 15) is 15.0 Å². The maximum Gasteiger partial charge on any atom is 0.339 e. The second-order valence-electron chi connectivity index (χ2n) is 3.19. The molecule has 0 aliphatic carbocycles. The summed E-state index contributed by atoms with van der Waals surface area (Å²) in [4.78, 5) is 10.7. The van der Waals surface area contributed by atoms with E-state index in [4.69, 9.17) is 5.11 Å². The predicted molar refractivity (Wildman–Crippen MR) is 59.7 cm³/mol. The summed E-state index contributed by atoms with van der Waals surface area (Å²) in [6, 6.07) is 2.24. The van der Waals surface area contributed by atoms with Gasteiger partial charge in [-0.3, -0.25) is 0 Å². The molecule has 0 unspecified atom stereocenters. The number of carbonyl (C=O) groups is 1. The van der Waals surface area contributed by atoms with Crippen LogP contribution in [0.3, 0.4) is 0 Å². The van der Waals surface area contributed by atoms with Crippen LogP contribution in [0.25, 0.3) is 6.08 Å². The van der Waals surface area contributed by atoms with Crippen LogP contribution >= 0.6 is 0 Å². The molecule has 16 heavy (non-hydrogen) atoms. The molecule has 0 amide bonds. The Kier molecular flexibility index (Phi) is 3.90. The molecule has 0 heterocycles. The fraction of sp³-hybridized carbons (Fsp3) is 0.182. The Morgan fingerprint density at radius 1 is 1.38 bits per heavy atom. The van der Waals surface area contributed by atoms with Crippen LogP contribution in [0.5, 0.6) is 11.5 Å². The lowest BCUT2D eigenvalue weighted by Crippen LogP contribution is -2.03. The molecule has 4 N–H and O–H groups in total. The standard InChI is InChI=1S/C11H13NO4/c1-12-4-2-3-7-5-8(11(15)16)10(14)6-9(7)13/h2-3,5-6,12-14H,4H2,1H3,(H,15,16). The molecule has 5 nitrogen and oxygen atoms in total. The van der Waals surface area contributed by atoms with Gasteiger partial charge in [0, 0.05) is 18.2 Å². The summed E-state index contributed by atoms with van der Waals surface area (Å²) in [5, 5.41) is 30.4. The molecule has 5 heteroatoms. The van der Waals surface area contributed by atoms with Gasteiger partial charge in [-0.2, -0.15) is 0 Å². The third kappa shape index (κ3) is 2.74. The van der Waals surface area contributed by atoms with Gasteiger partial charge in [0.15, 0.2) is 0 Å². The molecule has 1 rings (SSSR count). The number of aromatic hydroxyl groups is 2. The molecule has 0 atom stereocenters. The third-order valence-corrected chi connectivity index (χ3v) is 1.99. The summed E-state index contributed by atoms with van der Waals surface area (Å²) in [5.41, 5.74) is 0.118. The number of benzene rings is 1. The number of hydrogen-bond acceptors (Lipinski definition) is 4. The van der Waals surface area contributed by atoms with Crippen molar-refractivity contribution in [3.63, 3.8) is 0 Å². The highest BCUT2D eigenvalue weighted by molar-refractivity contribution is 5.92. The van der Waals surface area contributed by atoms with Crippen molar-refractivity contribution in [1.29, 1.82) is 0 Å². The smallest absolute Gasteiger partial charge is 0.339 e. The number of phenols is 2. The van der Waals surface area contributed by atoms with Crippen LogP contribution in [-0.4, -0.2) is 34.9 Å². The van der Waals surface area contributed by atoms with Gasteiger partial charge < -0.3 is 20.6 Å². The van der Waals surface area contributed by atoms with Crippen LogP contribution in [-0.2, 0) is 0 Å². The molecular weight excluding hydrogens is 210 g/mol. The Hall–Kier alpha value is -2.01. The van der Waals surface area contributed by atoms with Crippen molar-refractivity contribution in [1.82, 2.24) is 5.32 Å². The van der Waals surface area contributed by atoms with Crippen LogP contribution in [0, 0.1) is 0 Å². The van der Waals surface area contributed by atoms with Crippen molar-refractivity contribution in [2.24, 2.45) is 0 Å². The first-order chi connectivity index (χ1) is 7.56. The number of rotatable bonds is 4. The Bertz CT molecular complexity index is 426. The molecule has 86 valence electrons. The Morgan fingerprint density at radius 3 is 2.62 bits per heavy atom. The van der Waals surface area contributed by atoms with Gasteiger partial charge in [-0.1, -0.05) is 12.2 Å². The first kappa shape index (κ1) is 12.1. The van der Waals surface area contributed by atoms with Gasteiger partial charge in [0.25, 0.3) is 0 Å². The number of carboxylic acid groups (broad SMARTS) is 1. The second kappa shape index (κ2) is 5.18. The quantitative estimate of drug-likeness (QED) is 0.612. The predicted octanol–water partition coefficient (Wildman–Crippen LogP) is 1.03. The van der Waals surface area contributed by atoms with E-state index in [2.05, 4.69) is 5.32 Å².